The monoisotopic (exact) mass is 304 g/mol. The molecule has 4 nitrogen and oxygen atoms in total. The van der Waals surface area contributed by atoms with E-state index in [1.54, 1.807) is 24.8 Å². The summed E-state index contributed by atoms with van der Waals surface area (Å²) < 4.78 is 0. The van der Waals surface area contributed by atoms with Gasteiger partial charge in [-0.3, -0.25) is 0 Å². The number of aromatic nitrogens is 4. The molecule has 0 spiro atoms. The molecule has 0 N–H and O–H groups in total. The van der Waals surface area contributed by atoms with E-state index in [1.165, 1.54) is 0 Å². The molecule has 0 saturated carbocycles. The molecule has 2 heterocycles. The molecule has 0 bridgehead atoms. The van der Waals surface area contributed by atoms with Crippen molar-refractivity contribution in [2.24, 2.45) is 0 Å². The van der Waals surface area contributed by atoms with Crippen molar-refractivity contribution in [3.63, 3.8) is 0 Å². The van der Waals surface area contributed by atoms with Crippen LogP contribution in [0.3, 0.4) is 0 Å². The molecule has 2 rings (SSSR count). The largest absolute Gasteiger partial charge is 2.00 e. The summed E-state index contributed by atoms with van der Waals surface area (Å²) in [5, 5.41) is 0. The van der Waals surface area contributed by atoms with Gasteiger partial charge in [-0.05, 0) is 12.8 Å². The van der Waals surface area contributed by atoms with Gasteiger partial charge in [-0.25, -0.2) is 0 Å². The van der Waals surface area contributed by atoms with Gasteiger partial charge in [0, 0.05) is 0 Å². The molecule has 0 fully saturated rings. The fourth-order valence-electron chi connectivity index (χ4n) is 0.909. The summed E-state index contributed by atoms with van der Waals surface area (Å²) >= 11 is 0. The molecule has 0 aromatic carbocycles. The van der Waals surface area contributed by atoms with E-state index >= 15 is 0 Å². The molecule has 15 heavy (non-hydrogen) atoms. The molecule has 2 aromatic rings. The number of hydrogen-bond acceptors (Lipinski definition) is 2. The van der Waals surface area contributed by atoms with Crippen molar-refractivity contribution in [2.45, 2.75) is 26.7 Å². The first kappa shape index (κ1) is 14.3. The Labute approximate surface area is 110 Å². The van der Waals surface area contributed by atoms with E-state index < -0.39 is 0 Å². The number of nitrogens with zero attached hydrogens (tertiary/aromatic N) is 4. The summed E-state index contributed by atoms with van der Waals surface area (Å²) in [6, 6.07) is 0. The minimum Gasteiger partial charge on any atom is -0.446 e. The van der Waals surface area contributed by atoms with Gasteiger partial charge in [0.15, 0.2) is 0 Å². The smallest absolute Gasteiger partial charge is 0.446 e. The molecule has 0 saturated heterocycles. The zero-order valence-electron chi connectivity index (χ0n) is 9.22. The van der Waals surface area contributed by atoms with E-state index in [0.717, 1.165) is 24.5 Å². The van der Waals surface area contributed by atoms with Crippen LogP contribution in [0.25, 0.3) is 0 Å². The van der Waals surface area contributed by atoms with Gasteiger partial charge in [-0.2, -0.15) is 0 Å². The Balaban J connectivity index is 0.000000245. The Morgan fingerprint density at radius 2 is 1.33 bits per heavy atom. The maximum absolute atomic E-state index is 3.92. The SMILES string of the molecule is CCc1ncc[n-]1.CCc1ncc[n-]1.[Cd+2]. The van der Waals surface area contributed by atoms with Crippen molar-refractivity contribution < 1.29 is 27.3 Å². The average molecular weight is 303 g/mol. The van der Waals surface area contributed by atoms with Gasteiger partial charge >= 0.3 is 27.3 Å². The summed E-state index contributed by atoms with van der Waals surface area (Å²) in [6.45, 7) is 4.07. The van der Waals surface area contributed by atoms with Crippen LogP contribution >= 0.6 is 0 Å². The summed E-state index contributed by atoms with van der Waals surface area (Å²) in [6.07, 6.45) is 8.70. The third-order valence-electron chi connectivity index (χ3n) is 1.66. The molecule has 2 aromatic heterocycles. The van der Waals surface area contributed by atoms with E-state index in [2.05, 4.69) is 19.9 Å². The molecule has 5 heteroatoms. The summed E-state index contributed by atoms with van der Waals surface area (Å²) in [5.74, 6) is 1.86. The summed E-state index contributed by atoms with van der Waals surface area (Å²) in [5.41, 5.74) is 0. The van der Waals surface area contributed by atoms with Gasteiger partial charge in [-0.15, -0.1) is 0 Å². The maximum atomic E-state index is 3.92. The van der Waals surface area contributed by atoms with Crippen molar-refractivity contribution in [1.29, 1.82) is 0 Å². The third-order valence-corrected chi connectivity index (χ3v) is 1.66. The van der Waals surface area contributed by atoms with Crippen LogP contribution in [0.4, 0.5) is 0 Å². The van der Waals surface area contributed by atoms with Gasteiger partial charge in [0.25, 0.3) is 0 Å². The number of imidazole rings is 2. The van der Waals surface area contributed by atoms with E-state index in [4.69, 9.17) is 0 Å². The number of rotatable bonds is 2. The molecule has 0 radical (unpaired) electrons. The van der Waals surface area contributed by atoms with Crippen molar-refractivity contribution in [2.75, 3.05) is 0 Å². The Morgan fingerprint density at radius 1 is 0.933 bits per heavy atom. The van der Waals surface area contributed by atoms with Crippen LogP contribution in [0.1, 0.15) is 25.5 Å². The second-order valence-electron chi connectivity index (χ2n) is 2.65. The standard InChI is InChI=1S/2C5H7N2.Cd/c2*1-2-5-6-3-4-7-5;/h2*3-4H,2H2,1H3;/q2*-1;+2. The first-order valence-electron chi connectivity index (χ1n) is 4.72. The van der Waals surface area contributed by atoms with Crippen molar-refractivity contribution in [3.05, 3.63) is 36.4 Å². The normalized spacial score (nSPS) is 8.67. The molecule has 0 aliphatic carbocycles. The minimum atomic E-state index is 0. The Hall–Kier alpha value is -0.658. The van der Waals surface area contributed by atoms with Gasteiger partial charge < -0.3 is 19.9 Å². The van der Waals surface area contributed by atoms with Gasteiger partial charge in [0.05, 0.1) is 0 Å². The van der Waals surface area contributed by atoms with Gasteiger partial charge in [0.2, 0.25) is 0 Å². The van der Waals surface area contributed by atoms with Crippen LogP contribution in [-0.2, 0) is 40.1 Å². The zero-order chi connectivity index (χ0) is 10.2. The van der Waals surface area contributed by atoms with Crippen LogP contribution < -0.4 is 9.97 Å². The predicted molar refractivity (Wildman–Crippen MR) is 53.9 cm³/mol. The van der Waals surface area contributed by atoms with Crippen molar-refractivity contribution in [3.8, 4) is 0 Å². The molecule has 0 atom stereocenters. The van der Waals surface area contributed by atoms with Gasteiger partial charge in [-0.1, -0.05) is 50.3 Å². The van der Waals surface area contributed by atoms with E-state index in [9.17, 15) is 0 Å². The second-order valence-corrected chi connectivity index (χ2v) is 2.65. The summed E-state index contributed by atoms with van der Waals surface area (Å²) in [4.78, 5) is 15.7. The number of hydrogen-bond donors (Lipinski definition) is 0. The minimum absolute atomic E-state index is 0. The summed E-state index contributed by atoms with van der Waals surface area (Å²) in [7, 11) is 0. The predicted octanol–water partition coefficient (Wildman–Crippen LogP) is 1.20. The van der Waals surface area contributed by atoms with Crippen LogP contribution in [0.15, 0.2) is 24.8 Å². The van der Waals surface area contributed by atoms with Gasteiger partial charge in [0.1, 0.15) is 0 Å². The molecular weight excluding hydrogens is 289 g/mol. The topological polar surface area (TPSA) is 54.0 Å². The Morgan fingerprint density at radius 3 is 1.47 bits per heavy atom. The average Bonchev–Trinajstić information content (AvgIpc) is 2.92. The second kappa shape index (κ2) is 8.63. The van der Waals surface area contributed by atoms with Crippen LogP contribution in [0.5, 0.6) is 0 Å². The van der Waals surface area contributed by atoms with Crippen molar-refractivity contribution >= 4 is 0 Å². The molecule has 0 aliphatic rings. The van der Waals surface area contributed by atoms with Crippen LogP contribution in [-0.4, -0.2) is 9.97 Å². The van der Waals surface area contributed by atoms with E-state index in [1.807, 2.05) is 13.8 Å². The van der Waals surface area contributed by atoms with E-state index in [0.29, 0.717) is 0 Å². The molecule has 0 amide bonds. The first-order chi connectivity index (χ1) is 6.86. The molecule has 0 aliphatic heterocycles. The fourth-order valence-corrected chi connectivity index (χ4v) is 0.909. The van der Waals surface area contributed by atoms with Crippen molar-refractivity contribution in [1.82, 2.24) is 19.9 Å². The van der Waals surface area contributed by atoms with Crippen LogP contribution in [0.2, 0.25) is 0 Å². The Kier molecular flexibility index (Phi) is 8.26. The van der Waals surface area contributed by atoms with E-state index in [-0.39, 0.29) is 27.3 Å². The molecule has 76 valence electrons. The third kappa shape index (κ3) is 5.71. The molecular formula is C10H14CdN4. The maximum Gasteiger partial charge on any atom is 2.00 e. The first-order valence-corrected chi connectivity index (χ1v) is 4.72. The number of aryl methyl sites for hydroxylation is 2. The quantitative estimate of drug-likeness (QED) is 0.782. The Bertz CT molecular complexity index is 281. The fraction of sp³-hybridized carbons (Fsp3) is 0.400. The zero-order valence-corrected chi connectivity index (χ0v) is 13.3. The van der Waals surface area contributed by atoms with Crippen LogP contribution in [0, 0.1) is 0 Å². The molecule has 0 unspecified atom stereocenters.